The van der Waals surface area contributed by atoms with Crippen LogP contribution in [0.25, 0.3) is 5.69 Å². The van der Waals surface area contributed by atoms with Gasteiger partial charge in [0.1, 0.15) is 24.8 Å². The van der Waals surface area contributed by atoms with Gasteiger partial charge in [0.25, 0.3) is 0 Å². The first-order valence-electron chi connectivity index (χ1n) is 17.6. The molecule has 1 atom stereocenters. The minimum atomic E-state index is -4.35. The van der Waals surface area contributed by atoms with Gasteiger partial charge >= 0.3 is 22.6 Å². The first kappa shape index (κ1) is 53.0. The molecule has 0 amide bonds. The summed E-state index contributed by atoms with van der Waals surface area (Å²) in [5.41, 5.74) is 0.0154. The number of nitrogens with one attached hydrogen (secondary N) is 1. The lowest BCUT2D eigenvalue weighted by Crippen LogP contribution is -2.31. The van der Waals surface area contributed by atoms with Gasteiger partial charge in [-0.15, -0.1) is 16.9 Å². The minimum absolute atomic E-state index is 0.0370. The lowest BCUT2D eigenvalue weighted by atomic mass is 9.97. The third-order valence-corrected chi connectivity index (χ3v) is 10.4. The van der Waals surface area contributed by atoms with E-state index in [0.717, 1.165) is 46.7 Å². The summed E-state index contributed by atoms with van der Waals surface area (Å²) in [6.45, 7) is 10.3. The fraction of sp³-hybridized carbons (Fsp3) is 0.486. The molecule has 2 aromatic carbocycles. The number of carbonyl (C=O) groups is 2. The molecule has 5 rings (SSSR count). The van der Waals surface area contributed by atoms with Gasteiger partial charge in [0.15, 0.2) is 0 Å². The number of rotatable bonds is 11. The average Bonchev–Trinajstić information content (AvgIpc) is 3.65. The molecule has 25 heteroatoms. The molecule has 2 aromatic heterocycles. The molecule has 334 valence electrons. The molecular formula is C35H47Cl3FN6O11PS3. The van der Waals surface area contributed by atoms with Gasteiger partial charge in [-0.2, -0.15) is 4.68 Å². The van der Waals surface area contributed by atoms with Crippen LogP contribution in [0.15, 0.2) is 48.2 Å². The van der Waals surface area contributed by atoms with Gasteiger partial charge in [-0.3, -0.25) is 24.4 Å². The van der Waals surface area contributed by atoms with Crippen LogP contribution < -0.4 is 30.4 Å². The number of carboxylic acids is 2. The van der Waals surface area contributed by atoms with Crippen molar-refractivity contribution in [2.75, 3.05) is 37.4 Å². The smallest absolute Gasteiger partial charge is 0.442 e. The van der Waals surface area contributed by atoms with E-state index < -0.39 is 43.9 Å². The number of halogens is 4. The second kappa shape index (κ2) is 23.9. The van der Waals surface area contributed by atoms with E-state index in [9.17, 15) is 33.0 Å². The number of aliphatic carboxylic acids is 2. The number of carboxylic acid groups (broad SMARTS) is 2. The highest BCUT2D eigenvalue weighted by atomic mass is 35.5. The van der Waals surface area contributed by atoms with Gasteiger partial charge in [-0.05, 0) is 67.1 Å². The summed E-state index contributed by atoms with van der Waals surface area (Å²) in [5, 5.41) is 23.7. The molecule has 4 aromatic rings. The number of aromatic nitrogens is 4. The van der Waals surface area contributed by atoms with E-state index in [1.54, 1.807) is 15.4 Å². The monoisotopic (exact) mass is 978 g/mol. The van der Waals surface area contributed by atoms with E-state index in [1.807, 2.05) is 39.9 Å². The quantitative estimate of drug-likeness (QED) is 0.0815. The molecule has 4 N–H and O–H groups in total. The first-order valence-corrected chi connectivity index (χ1v) is 24.7. The predicted octanol–water partition coefficient (Wildman–Crippen LogP) is 5.58. The molecule has 1 aliphatic rings. The van der Waals surface area contributed by atoms with E-state index in [2.05, 4.69) is 28.9 Å². The predicted molar refractivity (Wildman–Crippen MR) is 233 cm³/mol. The molecule has 1 unspecified atom stereocenters. The summed E-state index contributed by atoms with van der Waals surface area (Å²) in [4.78, 5) is 67.5. The summed E-state index contributed by atoms with van der Waals surface area (Å²) in [6, 6.07) is 5.63. The normalized spacial score (nSPS) is 13.6. The number of benzene rings is 2. The van der Waals surface area contributed by atoms with Crippen LogP contribution in [0.3, 0.4) is 0 Å². The number of hydrogen-bond donors (Lipinski definition) is 4. The van der Waals surface area contributed by atoms with Crippen LogP contribution in [0.4, 0.5) is 10.1 Å². The Kier molecular flexibility index (Phi) is 21.1. The largest absolute Gasteiger partial charge is 0.778 e. The van der Waals surface area contributed by atoms with Crippen LogP contribution in [0.2, 0.25) is 15.1 Å². The van der Waals surface area contributed by atoms with Gasteiger partial charge in [0, 0.05) is 29.5 Å². The van der Waals surface area contributed by atoms with Gasteiger partial charge in [0.2, 0.25) is 10.7 Å². The zero-order valence-corrected chi connectivity index (χ0v) is 39.5. The van der Waals surface area contributed by atoms with E-state index in [1.165, 1.54) is 12.1 Å². The summed E-state index contributed by atoms with van der Waals surface area (Å²) >= 11 is 20.2. The van der Waals surface area contributed by atoms with Gasteiger partial charge < -0.3 is 33.7 Å². The van der Waals surface area contributed by atoms with Crippen LogP contribution in [0.1, 0.15) is 53.4 Å². The van der Waals surface area contributed by atoms with Crippen molar-refractivity contribution in [3.63, 3.8) is 0 Å². The van der Waals surface area contributed by atoms with Gasteiger partial charge in [-0.1, -0.05) is 55.6 Å². The zero-order valence-electron chi connectivity index (χ0n) is 33.9. The molecule has 0 saturated heterocycles. The number of hydrogen-bond acceptors (Lipinski definition) is 13. The fourth-order valence-electron chi connectivity index (χ4n) is 4.44. The molecule has 0 bridgehead atoms. The lowest BCUT2D eigenvalue weighted by Gasteiger charge is -2.15. The third kappa shape index (κ3) is 18.1. The number of ether oxygens (including phenoxy) is 1. The summed E-state index contributed by atoms with van der Waals surface area (Å²) in [7, 11) is -3.71. The van der Waals surface area contributed by atoms with Crippen LogP contribution in [0, 0.1) is 5.82 Å². The lowest BCUT2D eigenvalue weighted by molar-refractivity contribution is -0.193. The van der Waals surface area contributed by atoms with Crippen molar-refractivity contribution in [2.45, 2.75) is 77.0 Å². The number of thioether (sulfide) groups is 1. The SMILES string of the molecule is CC(C)Oc1cc(-n2nc(C(C)(C)C)oc2=O)c(Cl)cc1Cl.C[S+](C)C.O=C(O)CNCP(=O)([O-])O.O=C(O)CSc1cc(N=c2sc(=O)n3n2CCCC3)c(F)cc1Cl. The van der Waals surface area contributed by atoms with E-state index in [0.29, 0.717) is 56.0 Å². The van der Waals surface area contributed by atoms with Crippen molar-refractivity contribution >= 4 is 94.0 Å². The Balaban J connectivity index is 0.000000317. The maximum absolute atomic E-state index is 14.2. The van der Waals surface area contributed by atoms with Crippen LogP contribution >= 0.6 is 65.5 Å². The summed E-state index contributed by atoms with van der Waals surface area (Å²) in [6.07, 6.45) is 7.68. The van der Waals surface area contributed by atoms with Crippen molar-refractivity contribution in [1.29, 1.82) is 0 Å². The van der Waals surface area contributed by atoms with Gasteiger partial charge in [0.05, 0.1) is 64.2 Å². The standard InChI is InChI=1S/C15H18Cl2N2O3.C14H13ClFN3O3S2.C3H8NO5P.C3H9S/c1-8(2)21-12-7-11(9(16)6-10(12)17)19-14(20)22-13(18-19)15(3,4)5;15-8-5-9(16)10(6-11(8)23-7-12(20)21)17-13-18-3-1-2-4-19(18)14(22)24-13;5-3(6)1-4-2-10(7,8)9;1-4(2)3/h6-8H,1-5H3;5-6H,1-4,7H2,(H,20,21);4H,1-2H2,(H,5,6)(H2,7,8,9);1-3H3/q;;;+1/p-1. The highest BCUT2D eigenvalue weighted by molar-refractivity contribution is 8.00. The van der Waals surface area contributed by atoms with Gasteiger partial charge in [-0.25, -0.2) is 18.9 Å². The molecule has 1 aliphatic heterocycles. The van der Waals surface area contributed by atoms with Crippen LogP contribution in [0.5, 0.6) is 5.75 Å². The molecule has 0 fully saturated rings. The maximum atomic E-state index is 14.2. The second-order valence-corrected chi connectivity index (χ2v) is 21.4. The zero-order chi connectivity index (χ0) is 45.7. The molecule has 3 heterocycles. The Labute approximate surface area is 371 Å². The molecule has 0 spiro atoms. The topological polar surface area (TPSA) is 244 Å². The molecular weight excluding hydrogens is 933 g/mol. The number of fused-ring (bicyclic) bond motifs is 1. The minimum Gasteiger partial charge on any atom is -0.778 e. The van der Waals surface area contributed by atoms with Crippen molar-refractivity contribution in [2.24, 2.45) is 4.99 Å². The third-order valence-electron chi connectivity index (χ3n) is 6.83. The highest BCUT2D eigenvalue weighted by Gasteiger charge is 2.24. The molecule has 60 heavy (non-hydrogen) atoms. The summed E-state index contributed by atoms with van der Waals surface area (Å²) in [5.74, 6) is -2.81. The molecule has 0 aliphatic carbocycles. The Morgan fingerprint density at radius 2 is 1.67 bits per heavy atom. The van der Waals surface area contributed by atoms with E-state index in [-0.39, 0.29) is 37.9 Å². The van der Waals surface area contributed by atoms with Crippen molar-refractivity contribution in [3.8, 4) is 11.4 Å². The Morgan fingerprint density at radius 1 is 1.07 bits per heavy atom. The van der Waals surface area contributed by atoms with E-state index in [4.69, 9.17) is 59.1 Å². The Hall–Kier alpha value is -3.11. The molecule has 17 nitrogen and oxygen atoms in total. The highest BCUT2D eigenvalue weighted by Crippen LogP contribution is 2.35. The maximum Gasteiger partial charge on any atom is 0.442 e. The van der Waals surface area contributed by atoms with Crippen molar-refractivity contribution in [1.82, 2.24) is 24.5 Å². The Bertz CT molecular complexity index is 2330. The molecule has 0 radical (unpaired) electrons. The first-order chi connectivity index (χ1) is 27.7. The summed E-state index contributed by atoms with van der Waals surface area (Å²) < 4.78 is 39.4. The molecule has 0 saturated carbocycles. The van der Waals surface area contributed by atoms with Crippen LogP contribution in [-0.4, -0.2) is 89.6 Å². The van der Waals surface area contributed by atoms with Crippen molar-refractivity contribution in [3.05, 3.63) is 76.1 Å². The van der Waals surface area contributed by atoms with E-state index >= 15 is 0 Å². The van der Waals surface area contributed by atoms with Crippen LogP contribution in [-0.2, 0) is 43.6 Å². The average molecular weight is 980 g/mol. The second-order valence-electron chi connectivity index (χ2n) is 14.2. The Morgan fingerprint density at radius 3 is 2.18 bits per heavy atom. The van der Waals surface area contributed by atoms with Crippen molar-refractivity contribution < 1.29 is 47.7 Å². The fourth-order valence-corrected chi connectivity index (χ4v) is 7.21. The number of nitrogens with zero attached hydrogens (tertiary/aromatic N) is 5.